The van der Waals surface area contributed by atoms with Crippen LogP contribution in [0.4, 0.5) is 0 Å². The molecule has 0 aromatic carbocycles. The normalized spacial score (nSPS) is 11.9. The third kappa shape index (κ3) is 4.14. The third-order valence-electron chi connectivity index (χ3n) is 1.23. The lowest BCUT2D eigenvalue weighted by molar-refractivity contribution is -0.132. The molecule has 0 spiro atoms. The van der Waals surface area contributed by atoms with Crippen molar-refractivity contribution < 1.29 is 9.90 Å². The van der Waals surface area contributed by atoms with Gasteiger partial charge in [0.15, 0.2) is 0 Å². The molecule has 0 aliphatic carbocycles. The highest BCUT2D eigenvalue weighted by molar-refractivity contribution is 5.86. The molecule has 0 saturated heterocycles. The third-order valence-corrected chi connectivity index (χ3v) is 1.23. The minimum atomic E-state index is -0.860. The summed E-state index contributed by atoms with van der Waals surface area (Å²) >= 11 is 0. The van der Waals surface area contributed by atoms with Gasteiger partial charge in [0.25, 0.3) is 0 Å². The Morgan fingerprint density at radius 2 is 2.27 bits per heavy atom. The largest absolute Gasteiger partial charge is 0.478 e. The van der Waals surface area contributed by atoms with Crippen molar-refractivity contribution in [3.63, 3.8) is 0 Å². The Kier molecular flexibility index (Phi) is 4.82. The van der Waals surface area contributed by atoms with Gasteiger partial charge in [-0.25, -0.2) is 4.79 Å². The van der Waals surface area contributed by atoms with Crippen LogP contribution in [0, 0.1) is 0 Å². The molecule has 0 heterocycles. The first-order chi connectivity index (χ1) is 5.22. The molecule has 0 atom stereocenters. The van der Waals surface area contributed by atoms with E-state index in [9.17, 15) is 4.79 Å². The number of aliphatic carboxylic acids is 1. The standard InChI is InChI=1S/C9H12O2/c1-3-5-6-7-8(4-2)9(10)11/h3-6H,1,7H2,2H3,(H,10,11). The van der Waals surface area contributed by atoms with Gasteiger partial charge >= 0.3 is 5.97 Å². The average Bonchev–Trinajstić information content (AvgIpc) is 1.97. The SMILES string of the molecule is C=CC=CCC(=CC)C(=O)O. The molecular formula is C9H12O2. The summed E-state index contributed by atoms with van der Waals surface area (Å²) in [6.07, 6.45) is 7.16. The van der Waals surface area contributed by atoms with Gasteiger partial charge in [-0.3, -0.25) is 0 Å². The molecule has 2 nitrogen and oxygen atoms in total. The summed E-state index contributed by atoms with van der Waals surface area (Å²) in [4.78, 5) is 10.4. The summed E-state index contributed by atoms with van der Waals surface area (Å²) in [7, 11) is 0. The maximum Gasteiger partial charge on any atom is 0.331 e. The van der Waals surface area contributed by atoms with Crippen molar-refractivity contribution >= 4 is 5.97 Å². The fraction of sp³-hybridized carbons (Fsp3) is 0.222. The number of hydrogen-bond donors (Lipinski definition) is 1. The van der Waals surface area contributed by atoms with Crippen molar-refractivity contribution in [1.82, 2.24) is 0 Å². The van der Waals surface area contributed by atoms with Crippen LogP contribution in [0.15, 0.2) is 36.5 Å². The zero-order valence-electron chi connectivity index (χ0n) is 6.58. The highest BCUT2D eigenvalue weighted by Gasteiger charge is 2.01. The summed E-state index contributed by atoms with van der Waals surface area (Å²) < 4.78 is 0. The fourth-order valence-electron chi connectivity index (χ4n) is 0.620. The Morgan fingerprint density at radius 1 is 1.64 bits per heavy atom. The molecule has 60 valence electrons. The smallest absolute Gasteiger partial charge is 0.331 e. The van der Waals surface area contributed by atoms with E-state index in [4.69, 9.17) is 5.11 Å². The number of carbonyl (C=O) groups is 1. The van der Waals surface area contributed by atoms with E-state index in [1.807, 2.05) is 0 Å². The maximum absolute atomic E-state index is 10.4. The predicted octanol–water partition coefficient (Wildman–Crippen LogP) is 2.15. The second-order valence-corrected chi connectivity index (χ2v) is 1.99. The van der Waals surface area contributed by atoms with Crippen LogP contribution in [0.5, 0.6) is 0 Å². The topological polar surface area (TPSA) is 37.3 Å². The first-order valence-electron chi connectivity index (χ1n) is 3.38. The number of hydrogen-bond acceptors (Lipinski definition) is 1. The summed E-state index contributed by atoms with van der Waals surface area (Å²) in [5.74, 6) is -0.860. The van der Waals surface area contributed by atoms with Gasteiger partial charge in [0.2, 0.25) is 0 Å². The van der Waals surface area contributed by atoms with Crippen LogP contribution in [0.1, 0.15) is 13.3 Å². The van der Waals surface area contributed by atoms with E-state index in [1.54, 1.807) is 31.2 Å². The Balaban J connectivity index is 4.01. The van der Waals surface area contributed by atoms with Gasteiger partial charge in [-0.2, -0.15) is 0 Å². The van der Waals surface area contributed by atoms with Crippen LogP contribution in [0.2, 0.25) is 0 Å². The highest BCUT2D eigenvalue weighted by atomic mass is 16.4. The molecule has 2 heteroatoms. The highest BCUT2D eigenvalue weighted by Crippen LogP contribution is 2.01. The predicted molar refractivity (Wildman–Crippen MR) is 45.3 cm³/mol. The molecule has 0 aromatic rings. The molecule has 0 unspecified atom stereocenters. The molecule has 0 aliphatic heterocycles. The van der Waals surface area contributed by atoms with Crippen LogP contribution >= 0.6 is 0 Å². The zero-order chi connectivity index (χ0) is 8.69. The minimum absolute atomic E-state index is 0.406. The molecule has 1 N–H and O–H groups in total. The van der Waals surface area contributed by atoms with Crippen LogP contribution in [0.3, 0.4) is 0 Å². The van der Waals surface area contributed by atoms with Gasteiger partial charge in [-0.15, -0.1) is 0 Å². The minimum Gasteiger partial charge on any atom is -0.478 e. The number of carboxylic acids is 1. The summed E-state index contributed by atoms with van der Waals surface area (Å²) in [6.45, 7) is 5.19. The lowest BCUT2D eigenvalue weighted by Crippen LogP contribution is -1.98. The number of carboxylic acid groups (broad SMARTS) is 1. The van der Waals surface area contributed by atoms with E-state index in [0.717, 1.165) is 0 Å². The van der Waals surface area contributed by atoms with E-state index in [2.05, 4.69) is 6.58 Å². The van der Waals surface area contributed by atoms with Crippen LogP contribution in [0.25, 0.3) is 0 Å². The summed E-state index contributed by atoms with van der Waals surface area (Å²) in [5, 5.41) is 8.54. The molecule has 0 aliphatic rings. The molecule has 0 amide bonds. The van der Waals surface area contributed by atoms with Gasteiger partial charge in [0.1, 0.15) is 0 Å². The van der Waals surface area contributed by atoms with Crippen molar-refractivity contribution in [2.24, 2.45) is 0 Å². The summed E-state index contributed by atoms with van der Waals surface area (Å²) in [5.41, 5.74) is 0.406. The Morgan fingerprint density at radius 3 is 2.64 bits per heavy atom. The maximum atomic E-state index is 10.4. The zero-order valence-corrected chi connectivity index (χ0v) is 6.58. The first kappa shape index (κ1) is 9.69. The lowest BCUT2D eigenvalue weighted by atomic mass is 10.2. The van der Waals surface area contributed by atoms with Crippen molar-refractivity contribution in [2.45, 2.75) is 13.3 Å². The second kappa shape index (κ2) is 5.47. The van der Waals surface area contributed by atoms with Crippen molar-refractivity contribution in [3.05, 3.63) is 36.5 Å². The van der Waals surface area contributed by atoms with E-state index in [-0.39, 0.29) is 0 Å². The van der Waals surface area contributed by atoms with Crippen molar-refractivity contribution in [1.29, 1.82) is 0 Å². The van der Waals surface area contributed by atoms with Gasteiger partial charge < -0.3 is 5.11 Å². The Bertz CT molecular complexity index is 200. The molecule has 0 aromatic heterocycles. The second-order valence-electron chi connectivity index (χ2n) is 1.99. The Labute approximate surface area is 66.5 Å². The summed E-state index contributed by atoms with van der Waals surface area (Å²) in [6, 6.07) is 0. The van der Waals surface area contributed by atoms with Crippen molar-refractivity contribution in [3.8, 4) is 0 Å². The van der Waals surface area contributed by atoms with E-state index in [0.29, 0.717) is 12.0 Å². The van der Waals surface area contributed by atoms with E-state index < -0.39 is 5.97 Å². The molecule has 0 radical (unpaired) electrons. The van der Waals surface area contributed by atoms with Gasteiger partial charge in [0, 0.05) is 5.57 Å². The Hall–Kier alpha value is -1.31. The molecule has 0 fully saturated rings. The quantitative estimate of drug-likeness (QED) is 0.495. The van der Waals surface area contributed by atoms with Gasteiger partial charge in [-0.05, 0) is 13.3 Å². The van der Waals surface area contributed by atoms with E-state index >= 15 is 0 Å². The molecule has 0 rings (SSSR count). The van der Waals surface area contributed by atoms with Gasteiger partial charge in [-0.1, -0.05) is 30.9 Å². The van der Waals surface area contributed by atoms with Crippen molar-refractivity contribution in [2.75, 3.05) is 0 Å². The van der Waals surface area contributed by atoms with Crippen LogP contribution in [-0.4, -0.2) is 11.1 Å². The van der Waals surface area contributed by atoms with Crippen LogP contribution < -0.4 is 0 Å². The molecular weight excluding hydrogens is 140 g/mol. The molecule has 0 bridgehead atoms. The fourth-order valence-corrected chi connectivity index (χ4v) is 0.620. The first-order valence-corrected chi connectivity index (χ1v) is 3.38. The lowest BCUT2D eigenvalue weighted by Gasteiger charge is -1.93. The molecule has 0 saturated carbocycles. The number of allylic oxidation sites excluding steroid dienone is 4. The molecule has 11 heavy (non-hydrogen) atoms. The van der Waals surface area contributed by atoms with E-state index in [1.165, 1.54) is 0 Å². The van der Waals surface area contributed by atoms with Gasteiger partial charge in [0.05, 0.1) is 0 Å². The number of rotatable bonds is 4. The van der Waals surface area contributed by atoms with Crippen LogP contribution in [-0.2, 0) is 4.79 Å². The average molecular weight is 152 g/mol. The monoisotopic (exact) mass is 152 g/mol.